The molecular formula is C20H20FNO3. The SMILES string of the molecule is COc1cc(CN2CC=C(c3ccc(F)cc3)CC2)cc2c1OCO2. The predicted molar refractivity (Wildman–Crippen MR) is 93.4 cm³/mol. The minimum absolute atomic E-state index is 0.196. The largest absolute Gasteiger partial charge is 0.493 e. The van der Waals surface area contributed by atoms with Gasteiger partial charge >= 0.3 is 0 Å². The number of rotatable bonds is 4. The molecule has 0 saturated carbocycles. The molecule has 4 rings (SSSR count). The normalized spacial score (nSPS) is 16.6. The molecule has 0 radical (unpaired) electrons. The monoisotopic (exact) mass is 341 g/mol. The van der Waals surface area contributed by atoms with Crippen LogP contribution in [0.3, 0.4) is 0 Å². The number of fused-ring (bicyclic) bond motifs is 1. The quantitative estimate of drug-likeness (QED) is 0.845. The zero-order valence-electron chi connectivity index (χ0n) is 14.1. The third-order valence-electron chi connectivity index (χ3n) is 4.63. The fourth-order valence-electron chi connectivity index (χ4n) is 3.31. The van der Waals surface area contributed by atoms with Crippen molar-refractivity contribution >= 4 is 5.57 Å². The van der Waals surface area contributed by atoms with Gasteiger partial charge in [0.25, 0.3) is 0 Å². The summed E-state index contributed by atoms with van der Waals surface area (Å²) in [4.78, 5) is 2.37. The van der Waals surface area contributed by atoms with Gasteiger partial charge in [0.2, 0.25) is 12.5 Å². The topological polar surface area (TPSA) is 30.9 Å². The van der Waals surface area contributed by atoms with Crippen molar-refractivity contribution in [2.45, 2.75) is 13.0 Å². The Kier molecular flexibility index (Phi) is 4.32. The summed E-state index contributed by atoms with van der Waals surface area (Å²) in [6.07, 6.45) is 3.17. The lowest BCUT2D eigenvalue weighted by Gasteiger charge is -2.26. The molecule has 0 aliphatic carbocycles. The van der Waals surface area contributed by atoms with Gasteiger partial charge in [-0.3, -0.25) is 4.90 Å². The summed E-state index contributed by atoms with van der Waals surface area (Å²) in [5.74, 6) is 1.94. The number of hydrogen-bond donors (Lipinski definition) is 0. The van der Waals surface area contributed by atoms with Gasteiger partial charge in [-0.25, -0.2) is 4.39 Å². The Morgan fingerprint density at radius 2 is 2.00 bits per heavy atom. The highest BCUT2D eigenvalue weighted by molar-refractivity contribution is 5.66. The van der Waals surface area contributed by atoms with E-state index in [1.807, 2.05) is 24.3 Å². The highest BCUT2D eigenvalue weighted by Gasteiger charge is 2.21. The summed E-state index contributed by atoms with van der Waals surface area (Å²) in [5.41, 5.74) is 3.52. The van der Waals surface area contributed by atoms with Crippen LogP contribution < -0.4 is 14.2 Å². The highest BCUT2D eigenvalue weighted by Crippen LogP contribution is 2.42. The van der Waals surface area contributed by atoms with Gasteiger partial charge in [-0.1, -0.05) is 18.2 Å². The molecule has 0 aromatic heterocycles. The fraction of sp³-hybridized carbons (Fsp3) is 0.300. The highest BCUT2D eigenvalue weighted by atomic mass is 19.1. The summed E-state index contributed by atoms with van der Waals surface area (Å²) in [7, 11) is 1.64. The average Bonchev–Trinajstić information content (AvgIpc) is 3.11. The lowest BCUT2D eigenvalue weighted by Crippen LogP contribution is -2.28. The second kappa shape index (κ2) is 6.76. The molecule has 2 aromatic carbocycles. The predicted octanol–water partition coefficient (Wildman–Crippen LogP) is 3.85. The van der Waals surface area contributed by atoms with E-state index in [1.165, 1.54) is 17.7 Å². The molecule has 2 aliphatic rings. The van der Waals surface area contributed by atoms with Crippen molar-refractivity contribution in [1.82, 2.24) is 4.90 Å². The Morgan fingerprint density at radius 3 is 2.72 bits per heavy atom. The molecule has 0 amide bonds. The Labute approximate surface area is 146 Å². The van der Waals surface area contributed by atoms with Crippen LogP contribution in [-0.2, 0) is 6.54 Å². The van der Waals surface area contributed by atoms with Crippen LogP contribution >= 0.6 is 0 Å². The third-order valence-corrected chi connectivity index (χ3v) is 4.63. The summed E-state index contributed by atoms with van der Waals surface area (Å²) in [6.45, 7) is 2.88. The molecule has 0 spiro atoms. The number of benzene rings is 2. The molecule has 5 heteroatoms. The van der Waals surface area contributed by atoms with Gasteiger partial charge in [-0.15, -0.1) is 0 Å². The zero-order valence-corrected chi connectivity index (χ0v) is 14.1. The Morgan fingerprint density at radius 1 is 1.16 bits per heavy atom. The molecule has 2 aromatic rings. The van der Waals surface area contributed by atoms with Gasteiger partial charge in [0, 0.05) is 19.6 Å². The van der Waals surface area contributed by atoms with Gasteiger partial charge in [-0.2, -0.15) is 0 Å². The first-order valence-corrected chi connectivity index (χ1v) is 8.37. The molecule has 130 valence electrons. The van der Waals surface area contributed by atoms with Crippen LogP contribution in [-0.4, -0.2) is 31.9 Å². The van der Waals surface area contributed by atoms with Crippen molar-refractivity contribution in [2.75, 3.05) is 27.0 Å². The smallest absolute Gasteiger partial charge is 0.231 e. The second-order valence-corrected chi connectivity index (χ2v) is 6.25. The van der Waals surface area contributed by atoms with Crippen molar-refractivity contribution in [1.29, 1.82) is 0 Å². The summed E-state index contributed by atoms with van der Waals surface area (Å²) < 4.78 is 29.4. The number of ether oxygens (including phenoxy) is 3. The van der Waals surface area contributed by atoms with E-state index in [0.29, 0.717) is 11.5 Å². The summed E-state index contributed by atoms with van der Waals surface area (Å²) in [5, 5.41) is 0. The molecule has 0 atom stereocenters. The second-order valence-electron chi connectivity index (χ2n) is 6.25. The first-order chi connectivity index (χ1) is 12.2. The maximum atomic E-state index is 13.1. The molecule has 2 heterocycles. The van der Waals surface area contributed by atoms with E-state index in [9.17, 15) is 4.39 Å². The van der Waals surface area contributed by atoms with E-state index >= 15 is 0 Å². The lowest BCUT2D eigenvalue weighted by molar-refractivity contribution is 0.171. The van der Waals surface area contributed by atoms with E-state index in [1.54, 1.807) is 7.11 Å². The summed E-state index contributed by atoms with van der Waals surface area (Å²) >= 11 is 0. The third kappa shape index (κ3) is 3.33. The van der Waals surface area contributed by atoms with Crippen LogP contribution in [0.4, 0.5) is 4.39 Å². The van der Waals surface area contributed by atoms with Crippen LogP contribution in [0.5, 0.6) is 17.2 Å². The molecule has 0 saturated heterocycles. The van der Waals surface area contributed by atoms with Crippen molar-refractivity contribution < 1.29 is 18.6 Å². The number of methoxy groups -OCH3 is 1. The van der Waals surface area contributed by atoms with Crippen molar-refractivity contribution in [3.63, 3.8) is 0 Å². The minimum Gasteiger partial charge on any atom is -0.493 e. The fourth-order valence-corrected chi connectivity index (χ4v) is 3.31. The van der Waals surface area contributed by atoms with Gasteiger partial charge in [-0.05, 0) is 47.4 Å². The van der Waals surface area contributed by atoms with Gasteiger partial charge in [0.15, 0.2) is 11.5 Å². The minimum atomic E-state index is -0.196. The van der Waals surface area contributed by atoms with Gasteiger partial charge in [0.1, 0.15) is 5.82 Å². The maximum absolute atomic E-state index is 13.1. The molecule has 25 heavy (non-hydrogen) atoms. The van der Waals surface area contributed by atoms with Gasteiger partial charge in [0.05, 0.1) is 7.11 Å². The molecule has 0 fully saturated rings. The molecule has 4 nitrogen and oxygen atoms in total. The number of halogens is 1. The van der Waals surface area contributed by atoms with E-state index in [4.69, 9.17) is 14.2 Å². The van der Waals surface area contributed by atoms with E-state index in [2.05, 4.69) is 11.0 Å². The van der Waals surface area contributed by atoms with Crippen LogP contribution in [0.15, 0.2) is 42.5 Å². The first-order valence-electron chi connectivity index (χ1n) is 8.37. The van der Waals surface area contributed by atoms with Crippen LogP contribution in [0.1, 0.15) is 17.5 Å². The Hall–Kier alpha value is -2.53. The Bertz CT molecular complexity index is 801. The van der Waals surface area contributed by atoms with E-state index in [-0.39, 0.29) is 12.6 Å². The van der Waals surface area contributed by atoms with Crippen molar-refractivity contribution in [3.8, 4) is 17.2 Å². The molecule has 0 N–H and O–H groups in total. The average molecular weight is 341 g/mol. The van der Waals surface area contributed by atoms with Gasteiger partial charge < -0.3 is 14.2 Å². The number of nitrogens with zero attached hydrogens (tertiary/aromatic N) is 1. The summed E-state index contributed by atoms with van der Waals surface area (Å²) in [6, 6.07) is 10.7. The maximum Gasteiger partial charge on any atom is 0.231 e. The Balaban J connectivity index is 1.46. The van der Waals surface area contributed by atoms with E-state index in [0.717, 1.165) is 42.9 Å². The lowest BCUT2D eigenvalue weighted by atomic mass is 9.99. The zero-order chi connectivity index (χ0) is 17.2. The standard InChI is InChI=1S/C20H20FNO3/c1-23-18-10-14(11-19-20(18)25-13-24-19)12-22-8-6-16(7-9-22)15-2-4-17(21)5-3-15/h2-6,10-11H,7-9,12-13H2,1H3. The molecule has 0 bridgehead atoms. The van der Waals surface area contributed by atoms with Crippen molar-refractivity contribution in [2.24, 2.45) is 0 Å². The molecular weight excluding hydrogens is 321 g/mol. The van der Waals surface area contributed by atoms with Crippen LogP contribution in [0.25, 0.3) is 5.57 Å². The van der Waals surface area contributed by atoms with Crippen molar-refractivity contribution in [3.05, 3.63) is 59.4 Å². The first kappa shape index (κ1) is 16.0. The molecule has 0 unspecified atom stereocenters. The van der Waals surface area contributed by atoms with Crippen LogP contribution in [0, 0.1) is 5.82 Å². The van der Waals surface area contributed by atoms with Crippen LogP contribution in [0.2, 0.25) is 0 Å². The molecule has 2 aliphatic heterocycles. The number of hydrogen-bond acceptors (Lipinski definition) is 4. The van der Waals surface area contributed by atoms with E-state index < -0.39 is 0 Å².